The fraction of sp³-hybridized carbons (Fsp3) is 0.878. The van der Waals surface area contributed by atoms with Gasteiger partial charge in [-0.2, -0.15) is 0 Å². The molecule has 0 aliphatic carbocycles. The zero-order chi connectivity index (χ0) is 37.1. The van der Waals surface area contributed by atoms with Gasteiger partial charge in [0.2, 0.25) is 0 Å². The highest BCUT2D eigenvalue weighted by atomic mass is 16.8. The summed E-state index contributed by atoms with van der Waals surface area (Å²) in [6.07, 6.45) is 2.24. The molecule has 1 spiro atoms. The summed E-state index contributed by atoms with van der Waals surface area (Å²) >= 11 is 0. The Hall–Kier alpha value is -1.49. The highest BCUT2D eigenvalue weighted by Gasteiger charge is 2.69. The van der Waals surface area contributed by atoms with Crippen molar-refractivity contribution in [3.8, 4) is 0 Å². The largest absolute Gasteiger partial charge is 0.457 e. The van der Waals surface area contributed by atoms with Crippen LogP contribution in [0, 0.1) is 5.92 Å². The molecule has 12 bridgehead atoms. The topological polar surface area (TPSA) is 128 Å². The molecule has 0 amide bonds. The summed E-state index contributed by atoms with van der Waals surface area (Å²) in [5.41, 5.74) is 2.15. The molecule has 11 aliphatic heterocycles. The maximum Gasteiger partial charge on any atom is 0.308 e. The van der Waals surface area contributed by atoms with Crippen LogP contribution in [0.25, 0.3) is 0 Å². The molecule has 0 aromatic carbocycles. The second kappa shape index (κ2) is 13.8. The molecule has 11 fully saturated rings. The predicted octanol–water partition coefficient (Wildman–Crippen LogP) is 4.22. The van der Waals surface area contributed by atoms with Crippen LogP contribution in [0.4, 0.5) is 0 Å². The summed E-state index contributed by atoms with van der Waals surface area (Å²) in [6.45, 7) is 15.2. The van der Waals surface area contributed by atoms with Gasteiger partial charge < -0.3 is 56.8 Å². The molecule has 0 radical (unpaired) electrons. The van der Waals surface area contributed by atoms with E-state index in [9.17, 15) is 4.79 Å². The van der Waals surface area contributed by atoms with Gasteiger partial charge in [-0.1, -0.05) is 20.1 Å². The molecule has 11 rings (SSSR count). The van der Waals surface area contributed by atoms with E-state index in [1.807, 2.05) is 13.8 Å². The summed E-state index contributed by atoms with van der Waals surface area (Å²) in [5, 5.41) is 0. The minimum atomic E-state index is -0.846. The van der Waals surface area contributed by atoms with Gasteiger partial charge in [0, 0.05) is 26.4 Å². The van der Waals surface area contributed by atoms with E-state index in [0.717, 1.165) is 49.7 Å². The third kappa shape index (κ3) is 6.45. The molecule has 300 valence electrons. The molecule has 1 unspecified atom stereocenters. The Morgan fingerprint density at radius 1 is 0.667 bits per heavy atom. The van der Waals surface area contributed by atoms with E-state index in [-0.39, 0.29) is 85.5 Å². The second-order valence-electron chi connectivity index (χ2n) is 18.1. The summed E-state index contributed by atoms with van der Waals surface area (Å²) in [7, 11) is 1.63. The number of carbonyl (C=O) groups excluding carboxylic acids is 1. The first-order valence-electron chi connectivity index (χ1n) is 20.6. The minimum absolute atomic E-state index is 0.0110. The summed E-state index contributed by atoms with van der Waals surface area (Å²) < 4.78 is 79.0. The molecular weight excluding hydrogens is 700 g/mol. The van der Waals surface area contributed by atoms with E-state index in [4.69, 9.17) is 56.8 Å². The Bertz CT molecular complexity index is 1490. The smallest absolute Gasteiger partial charge is 0.308 e. The van der Waals surface area contributed by atoms with Crippen LogP contribution in [-0.2, 0) is 61.6 Å². The molecule has 0 saturated carbocycles. The van der Waals surface area contributed by atoms with Gasteiger partial charge in [-0.05, 0) is 75.9 Å². The van der Waals surface area contributed by atoms with Crippen molar-refractivity contribution in [2.45, 2.75) is 207 Å². The van der Waals surface area contributed by atoms with Crippen molar-refractivity contribution in [2.75, 3.05) is 13.7 Å². The third-order valence-electron chi connectivity index (χ3n) is 14.1. The van der Waals surface area contributed by atoms with Crippen molar-refractivity contribution in [1.82, 2.24) is 0 Å². The van der Waals surface area contributed by atoms with Crippen molar-refractivity contribution in [1.29, 1.82) is 0 Å². The lowest BCUT2D eigenvalue weighted by Gasteiger charge is -2.51. The molecule has 11 saturated heterocycles. The summed E-state index contributed by atoms with van der Waals surface area (Å²) in [4.78, 5) is 14.1. The molecule has 0 aromatic rings. The molecular formula is C41H58O13. The van der Waals surface area contributed by atoms with Gasteiger partial charge in [-0.15, -0.1) is 0 Å². The Labute approximate surface area is 317 Å². The monoisotopic (exact) mass is 758 g/mol. The molecule has 0 aromatic heterocycles. The van der Waals surface area contributed by atoms with Crippen LogP contribution in [-0.4, -0.2) is 135 Å². The van der Waals surface area contributed by atoms with Crippen molar-refractivity contribution >= 4 is 5.97 Å². The summed E-state index contributed by atoms with van der Waals surface area (Å²) in [5.74, 6) is -1.78. The third-order valence-corrected chi connectivity index (χ3v) is 14.1. The number of ether oxygens (including phenoxy) is 12. The number of hydrogen-bond acceptors (Lipinski definition) is 13. The van der Waals surface area contributed by atoms with E-state index in [2.05, 4.69) is 20.1 Å². The zero-order valence-electron chi connectivity index (χ0n) is 32.1. The van der Waals surface area contributed by atoms with Crippen molar-refractivity contribution in [3.63, 3.8) is 0 Å². The number of hydrogen-bond donors (Lipinski definition) is 0. The first-order valence-corrected chi connectivity index (χ1v) is 20.6. The second-order valence-corrected chi connectivity index (χ2v) is 18.1. The lowest BCUT2D eigenvalue weighted by molar-refractivity contribution is -0.361. The maximum absolute atomic E-state index is 14.1. The average Bonchev–Trinajstić information content (AvgIpc) is 3.72. The Kier molecular flexibility index (Phi) is 9.43. The lowest BCUT2D eigenvalue weighted by Crippen LogP contribution is -2.66. The summed E-state index contributed by atoms with van der Waals surface area (Å²) in [6, 6.07) is 0. The number of rotatable bonds is 1. The van der Waals surface area contributed by atoms with Gasteiger partial charge in [0.1, 0.15) is 54.9 Å². The fourth-order valence-electron chi connectivity index (χ4n) is 11.3. The van der Waals surface area contributed by atoms with Crippen molar-refractivity contribution in [2.24, 2.45) is 5.92 Å². The average molecular weight is 759 g/mol. The van der Waals surface area contributed by atoms with Gasteiger partial charge >= 0.3 is 5.97 Å². The van der Waals surface area contributed by atoms with Crippen molar-refractivity contribution < 1.29 is 61.6 Å². The molecule has 11 heterocycles. The van der Waals surface area contributed by atoms with Crippen LogP contribution in [0.2, 0.25) is 0 Å². The number of esters is 1. The van der Waals surface area contributed by atoms with Crippen LogP contribution in [0.5, 0.6) is 0 Å². The van der Waals surface area contributed by atoms with Gasteiger partial charge in [-0.25, -0.2) is 0 Å². The Morgan fingerprint density at radius 3 is 2.28 bits per heavy atom. The highest BCUT2D eigenvalue weighted by molar-refractivity contribution is 5.70. The van der Waals surface area contributed by atoms with Gasteiger partial charge in [-0.3, -0.25) is 4.79 Å². The van der Waals surface area contributed by atoms with Crippen LogP contribution in [0.1, 0.15) is 91.4 Å². The van der Waals surface area contributed by atoms with Crippen LogP contribution < -0.4 is 0 Å². The SMILES string of the molecule is C=C1C[C@@H]2CC[C@@]34C[C@H]5O[C@@H]6C(O[C@H]7CC[C@H](CC(=O)O[C@@H]8[C@@H](OC)[C@@H]9OC(C)(C)OC[C@@H]9O[C@H]8C[C@H]8O[C@@H](CC[C@@H]1O2)C[C@@H](C)C8=C)O[C@@H]7[C@@H]6O3)[C@H]5O4. The standard InChI is InChI=1S/C41H58O13/c1-19-13-22-7-9-25-20(2)14-24(45-25)11-12-41-17-29-34(53-41)37-38(50-29)39(54-41)32-26(49-37)10-8-23(47-32)15-31(42)51-33-28(16-27(46-22)21(19)3)48-30-18-44-40(4,5)52-35(30)36(33)43-6/h19,22-30,32-39H,2-3,7-18H2,1,4-6H3/t19-,22+,23-,24+,25+,26+,27-,28+,29-,30+,32+,33+,34+,35-,36-,37?,38-,39+,41+/m1/s1. The van der Waals surface area contributed by atoms with E-state index in [1.54, 1.807) is 7.11 Å². The van der Waals surface area contributed by atoms with E-state index < -0.39 is 48.2 Å². The quantitative estimate of drug-likeness (QED) is 0.280. The van der Waals surface area contributed by atoms with Crippen LogP contribution in [0.15, 0.2) is 24.3 Å². The molecule has 13 heteroatoms. The predicted molar refractivity (Wildman–Crippen MR) is 188 cm³/mol. The number of carbonyl (C=O) groups is 1. The Morgan fingerprint density at radius 2 is 1.43 bits per heavy atom. The van der Waals surface area contributed by atoms with Gasteiger partial charge in [0.05, 0.1) is 55.8 Å². The van der Waals surface area contributed by atoms with E-state index in [1.165, 1.54) is 0 Å². The lowest BCUT2D eigenvalue weighted by atomic mass is 9.83. The first-order chi connectivity index (χ1) is 25.9. The maximum atomic E-state index is 14.1. The van der Waals surface area contributed by atoms with Gasteiger partial charge in [0.15, 0.2) is 17.7 Å². The van der Waals surface area contributed by atoms with E-state index in [0.29, 0.717) is 32.3 Å². The Balaban J connectivity index is 0.947. The number of fused-ring (bicyclic) bond motifs is 7. The minimum Gasteiger partial charge on any atom is -0.457 e. The normalized spacial score (nSPS) is 54.0. The molecule has 11 aliphatic rings. The molecule has 13 nitrogen and oxygen atoms in total. The fourth-order valence-corrected chi connectivity index (χ4v) is 11.3. The van der Waals surface area contributed by atoms with Gasteiger partial charge in [0.25, 0.3) is 0 Å². The van der Waals surface area contributed by atoms with Crippen LogP contribution in [0.3, 0.4) is 0 Å². The number of methoxy groups -OCH3 is 1. The van der Waals surface area contributed by atoms with Crippen molar-refractivity contribution in [3.05, 3.63) is 24.3 Å². The molecule has 0 N–H and O–H groups in total. The van der Waals surface area contributed by atoms with Crippen LogP contribution >= 0.6 is 0 Å². The first kappa shape index (κ1) is 36.8. The van der Waals surface area contributed by atoms with E-state index >= 15 is 0 Å². The molecule has 19 atom stereocenters. The molecule has 54 heavy (non-hydrogen) atoms. The highest BCUT2D eigenvalue weighted by Crippen LogP contribution is 2.54. The zero-order valence-corrected chi connectivity index (χ0v) is 32.1.